The van der Waals surface area contributed by atoms with Crippen molar-refractivity contribution in [2.45, 2.75) is 36.1 Å². The summed E-state index contributed by atoms with van der Waals surface area (Å²) in [6, 6.07) is -1.40. The fourth-order valence-corrected chi connectivity index (χ4v) is 2.19. The van der Waals surface area contributed by atoms with E-state index in [2.05, 4.69) is 0 Å². The van der Waals surface area contributed by atoms with Gasteiger partial charge in [0.15, 0.2) is 0 Å². The van der Waals surface area contributed by atoms with Gasteiger partial charge in [-0.1, -0.05) is 0 Å². The third kappa shape index (κ3) is 1.52. The van der Waals surface area contributed by atoms with Crippen molar-refractivity contribution < 1.29 is 39.9 Å². The van der Waals surface area contributed by atoms with Gasteiger partial charge in [0.05, 0.1) is 6.61 Å². The minimum Gasteiger partial charge on any atom is -0.480 e. The lowest BCUT2D eigenvalue weighted by atomic mass is 9.85. The number of aliphatic hydroxyl groups excluding tert-OH is 2. The van der Waals surface area contributed by atoms with Gasteiger partial charge in [-0.2, -0.15) is 0 Å². The number of carboxylic acid groups (broad SMARTS) is 1. The summed E-state index contributed by atoms with van der Waals surface area (Å²) in [5, 5.41) is 49.7. The Morgan fingerprint density at radius 1 is 1.39 bits per heavy atom. The van der Waals surface area contributed by atoms with Crippen LogP contribution >= 0.6 is 0 Å². The third-order valence-corrected chi connectivity index (χ3v) is 3.31. The summed E-state index contributed by atoms with van der Waals surface area (Å²) in [5.41, 5.74) is -2.63. The van der Waals surface area contributed by atoms with E-state index in [4.69, 9.17) is 9.84 Å². The number of amides is 1. The topological polar surface area (TPSA) is 157 Å². The Bertz CT molecular complexity index is 400. The molecule has 18 heavy (non-hydrogen) atoms. The molecule has 2 fully saturated rings. The second kappa shape index (κ2) is 3.87. The third-order valence-electron chi connectivity index (χ3n) is 3.31. The summed E-state index contributed by atoms with van der Waals surface area (Å²) in [4.78, 5) is 22.3. The molecule has 2 aliphatic heterocycles. The van der Waals surface area contributed by atoms with Crippen LogP contribution in [0.5, 0.6) is 0 Å². The van der Waals surface area contributed by atoms with Crippen LogP contribution in [0, 0.1) is 0 Å². The number of carbonyl (C=O) groups excluding carboxylic acids is 1. The number of nitrogens with one attached hydrogen (secondary N) is 1. The Morgan fingerprint density at radius 3 is 2.39 bits per heavy atom. The molecule has 2 rings (SSSR count). The molecular weight excluding hydrogens is 250 g/mol. The molecule has 0 aromatic rings. The van der Waals surface area contributed by atoms with Gasteiger partial charge in [-0.05, 0) is 0 Å². The highest BCUT2D eigenvalue weighted by molar-refractivity contribution is 5.94. The molecule has 6 N–H and O–H groups in total. The van der Waals surface area contributed by atoms with E-state index in [0.29, 0.717) is 0 Å². The summed E-state index contributed by atoms with van der Waals surface area (Å²) in [6.45, 7) is -0.481. The van der Waals surface area contributed by atoms with E-state index < -0.39 is 54.5 Å². The van der Waals surface area contributed by atoms with E-state index >= 15 is 0 Å². The molecule has 1 amide bonds. The van der Waals surface area contributed by atoms with Gasteiger partial charge in [-0.25, -0.2) is 4.79 Å². The van der Waals surface area contributed by atoms with Crippen molar-refractivity contribution in [3.63, 3.8) is 0 Å². The van der Waals surface area contributed by atoms with Crippen molar-refractivity contribution in [2.24, 2.45) is 0 Å². The summed E-state index contributed by atoms with van der Waals surface area (Å²) < 4.78 is 4.70. The van der Waals surface area contributed by atoms with E-state index in [9.17, 15) is 30.0 Å². The average Bonchev–Trinajstić information content (AvgIpc) is 2.75. The predicted octanol–water partition coefficient (Wildman–Crippen LogP) is -3.87. The van der Waals surface area contributed by atoms with Crippen molar-refractivity contribution in [3.05, 3.63) is 0 Å². The van der Waals surface area contributed by atoms with Crippen LogP contribution in [0.1, 0.15) is 6.42 Å². The monoisotopic (exact) mass is 263 g/mol. The highest BCUT2D eigenvalue weighted by Crippen LogP contribution is 2.40. The minimum absolute atomic E-state index is 0.481. The second-order valence-electron chi connectivity index (χ2n) is 4.45. The highest BCUT2D eigenvalue weighted by Gasteiger charge is 2.68. The molecule has 0 spiro atoms. The quantitative estimate of drug-likeness (QED) is 0.295. The van der Waals surface area contributed by atoms with Gasteiger partial charge in [0, 0.05) is 6.42 Å². The zero-order chi connectivity index (χ0) is 13.7. The first kappa shape index (κ1) is 13.2. The van der Waals surface area contributed by atoms with Gasteiger partial charge in [0.2, 0.25) is 11.4 Å². The van der Waals surface area contributed by atoms with Crippen LogP contribution in [-0.2, 0) is 14.3 Å². The maximum atomic E-state index is 11.6. The number of aliphatic hydroxyl groups is 4. The van der Waals surface area contributed by atoms with E-state index in [1.54, 1.807) is 0 Å². The van der Waals surface area contributed by atoms with Crippen LogP contribution in [0.3, 0.4) is 0 Å². The van der Waals surface area contributed by atoms with Gasteiger partial charge in [-0.3, -0.25) is 4.79 Å². The maximum absolute atomic E-state index is 11.6. The lowest BCUT2D eigenvalue weighted by Gasteiger charge is -2.36. The van der Waals surface area contributed by atoms with Crippen LogP contribution in [0.2, 0.25) is 0 Å². The van der Waals surface area contributed by atoms with E-state index in [0.717, 1.165) is 0 Å². The van der Waals surface area contributed by atoms with Gasteiger partial charge in [0.1, 0.15) is 18.2 Å². The van der Waals surface area contributed by atoms with Gasteiger partial charge >= 0.3 is 5.97 Å². The number of carboxylic acids is 1. The normalized spacial score (nSPS) is 48.2. The number of hydrogen-bond donors (Lipinski definition) is 6. The number of carbonyl (C=O) groups is 2. The average molecular weight is 263 g/mol. The Hall–Kier alpha value is -1.26. The standard InChI is InChI=1S/C9H13NO8/c11-4-2-18-9(17,5(4)12)8(16)1-3(6(13)14)10-7(8)15/h3-5,11-12,16-17H,1-2H2,(H,10,15)(H,13,14). The number of hydrogen-bond acceptors (Lipinski definition) is 7. The van der Waals surface area contributed by atoms with E-state index in [1.807, 2.05) is 5.32 Å². The Morgan fingerprint density at radius 2 is 2.00 bits per heavy atom. The molecule has 0 aromatic heterocycles. The first-order valence-electron chi connectivity index (χ1n) is 5.21. The molecule has 5 unspecified atom stereocenters. The molecular formula is C9H13NO8. The first-order valence-corrected chi connectivity index (χ1v) is 5.21. The fraction of sp³-hybridized carbons (Fsp3) is 0.778. The van der Waals surface area contributed by atoms with Crippen LogP contribution in [0.25, 0.3) is 0 Å². The Kier molecular flexibility index (Phi) is 2.83. The van der Waals surface area contributed by atoms with Gasteiger partial charge in [-0.15, -0.1) is 0 Å². The Balaban J connectivity index is 2.32. The molecule has 5 atom stereocenters. The molecule has 102 valence electrons. The molecule has 0 bridgehead atoms. The Labute approximate surface area is 101 Å². The molecule has 9 heteroatoms. The van der Waals surface area contributed by atoms with Crippen molar-refractivity contribution in [1.29, 1.82) is 0 Å². The van der Waals surface area contributed by atoms with Gasteiger partial charge < -0.3 is 35.6 Å². The van der Waals surface area contributed by atoms with Crippen molar-refractivity contribution in [1.82, 2.24) is 5.32 Å². The van der Waals surface area contributed by atoms with Crippen molar-refractivity contribution in [2.75, 3.05) is 6.61 Å². The van der Waals surface area contributed by atoms with Crippen LogP contribution in [-0.4, -0.2) is 73.7 Å². The second-order valence-corrected chi connectivity index (χ2v) is 4.45. The van der Waals surface area contributed by atoms with Crippen LogP contribution in [0.4, 0.5) is 0 Å². The molecule has 0 aliphatic carbocycles. The fourth-order valence-electron chi connectivity index (χ4n) is 2.19. The summed E-state index contributed by atoms with van der Waals surface area (Å²) in [5.74, 6) is -5.30. The van der Waals surface area contributed by atoms with E-state index in [-0.39, 0.29) is 0 Å². The highest BCUT2D eigenvalue weighted by atomic mass is 16.7. The molecule has 9 nitrogen and oxygen atoms in total. The molecule has 0 radical (unpaired) electrons. The van der Waals surface area contributed by atoms with Gasteiger partial charge in [0.25, 0.3) is 5.91 Å². The molecule has 2 saturated heterocycles. The minimum atomic E-state index is -2.74. The number of ether oxygens (including phenoxy) is 1. The molecule has 2 heterocycles. The SMILES string of the molecule is O=C(O)C1CC(O)(C2(O)OCC(O)C2O)C(=O)N1. The van der Waals surface area contributed by atoms with Crippen LogP contribution < -0.4 is 5.32 Å². The summed E-state index contributed by atoms with van der Waals surface area (Å²) in [7, 11) is 0. The molecule has 2 aliphatic rings. The lowest BCUT2D eigenvalue weighted by Crippen LogP contribution is -2.64. The molecule has 0 saturated carbocycles. The summed E-state index contributed by atoms with van der Waals surface area (Å²) in [6.07, 6.45) is -4.07. The van der Waals surface area contributed by atoms with Crippen molar-refractivity contribution in [3.8, 4) is 0 Å². The lowest BCUT2D eigenvalue weighted by molar-refractivity contribution is -0.295. The van der Waals surface area contributed by atoms with Crippen molar-refractivity contribution >= 4 is 11.9 Å². The zero-order valence-electron chi connectivity index (χ0n) is 9.11. The van der Waals surface area contributed by atoms with Crippen LogP contribution in [0.15, 0.2) is 0 Å². The van der Waals surface area contributed by atoms with E-state index in [1.165, 1.54) is 0 Å². The predicted molar refractivity (Wildman–Crippen MR) is 52.0 cm³/mol. The maximum Gasteiger partial charge on any atom is 0.326 e. The molecule has 0 aromatic carbocycles. The first-order chi connectivity index (χ1) is 8.22. The number of rotatable bonds is 2. The zero-order valence-corrected chi connectivity index (χ0v) is 9.11. The summed E-state index contributed by atoms with van der Waals surface area (Å²) >= 11 is 0. The largest absolute Gasteiger partial charge is 0.480 e. The smallest absolute Gasteiger partial charge is 0.326 e. The number of aliphatic carboxylic acids is 1.